The van der Waals surface area contributed by atoms with Crippen LogP contribution in [0.3, 0.4) is 0 Å². The zero-order valence-corrected chi connectivity index (χ0v) is 16.6. The molecule has 1 heterocycles. The highest BCUT2D eigenvalue weighted by molar-refractivity contribution is 6.05. The topological polar surface area (TPSA) is 87.7 Å². The highest BCUT2D eigenvalue weighted by atomic mass is 16.5. The normalized spacial score (nSPS) is 17.0. The van der Waals surface area contributed by atoms with Crippen LogP contribution in [0.15, 0.2) is 54.6 Å². The Bertz CT molecular complexity index is 885. The van der Waals surface area contributed by atoms with E-state index in [4.69, 9.17) is 4.74 Å². The van der Waals surface area contributed by atoms with Crippen molar-refractivity contribution in [1.82, 2.24) is 10.2 Å². The van der Waals surface area contributed by atoms with Crippen LogP contribution in [0, 0.1) is 0 Å². The lowest BCUT2D eigenvalue weighted by Gasteiger charge is -2.21. The van der Waals surface area contributed by atoms with Gasteiger partial charge in [0.1, 0.15) is 11.8 Å². The summed E-state index contributed by atoms with van der Waals surface area (Å²) in [5.74, 6) is 0.0408. The van der Waals surface area contributed by atoms with E-state index in [0.717, 1.165) is 5.56 Å². The summed E-state index contributed by atoms with van der Waals surface area (Å²) in [6.07, 6.45) is 0.329. The van der Waals surface area contributed by atoms with Crippen LogP contribution in [-0.4, -0.2) is 35.4 Å². The fraction of sp³-hybridized carbons (Fsp3) is 0.318. The molecule has 2 aromatic carbocycles. The second-order valence-corrected chi connectivity index (χ2v) is 6.81. The molecular formula is C22H25N3O4. The maximum atomic E-state index is 12.7. The van der Waals surface area contributed by atoms with Gasteiger partial charge in [-0.15, -0.1) is 0 Å². The molecule has 2 N–H and O–H groups in total. The average molecular weight is 395 g/mol. The van der Waals surface area contributed by atoms with Gasteiger partial charge < -0.3 is 15.4 Å². The van der Waals surface area contributed by atoms with E-state index in [2.05, 4.69) is 10.6 Å². The van der Waals surface area contributed by atoms with Gasteiger partial charge in [-0.25, -0.2) is 4.79 Å². The molecule has 4 amide bonds. The van der Waals surface area contributed by atoms with Gasteiger partial charge in [0.15, 0.2) is 0 Å². The first-order chi connectivity index (χ1) is 14.0. The van der Waals surface area contributed by atoms with Crippen molar-refractivity contribution in [2.24, 2.45) is 0 Å². The van der Waals surface area contributed by atoms with Gasteiger partial charge >= 0.3 is 6.03 Å². The number of carbonyl (C=O) groups is 3. The van der Waals surface area contributed by atoms with E-state index in [9.17, 15) is 14.4 Å². The quantitative estimate of drug-likeness (QED) is 0.670. The molecule has 7 nitrogen and oxygen atoms in total. The summed E-state index contributed by atoms with van der Waals surface area (Å²) in [6, 6.07) is 15.0. The maximum Gasteiger partial charge on any atom is 0.325 e. The lowest BCUT2D eigenvalue weighted by molar-refractivity contribution is -0.129. The molecule has 0 aliphatic carbocycles. The standard InChI is InChI=1S/C22H25N3O4/c1-3-29-19-12-8-7-11-17(19)23-20(26)14-13-18-21(27)25(22(28)24-18)15(2)16-9-5-4-6-10-16/h4-12,15,18H,3,13-14H2,1-2H3,(H,23,26)(H,24,28). The number of nitrogens with one attached hydrogen (secondary N) is 2. The third-order valence-electron chi connectivity index (χ3n) is 4.84. The van der Waals surface area contributed by atoms with Crippen molar-refractivity contribution < 1.29 is 19.1 Å². The molecule has 152 valence electrons. The van der Waals surface area contributed by atoms with Crippen LogP contribution in [0.1, 0.15) is 38.3 Å². The van der Waals surface area contributed by atoms with Crippen molar-refractivity contribution >= 4 is 23.5 Å². The highest BCUT2D eigenvalue weighted by Crippen LogP contribution is 2.26. The van der Waals surface area contributed by atoms with Crippen LogP contribution < -0.4 is 15.4 Å². The average Bonchev–Trinajstić information content (AvgIpc) is 3.01. The zero-order valence-electron chi connectivity index (χ0n) is 16.6. The van der Waals surface area contributed by atoms with Crippen LogP contribution in [0.4, 0.5) is 10.5 Å². The first-order valence-electron chi connectivity index (χ1n) is 9.71. The van der Waals surface area contributed by atoms with Gasteiger partial charge in [-0.2, -0.15) is 0 Å². The van der Waals surface area contributed by atoms with E-state index in [0.29, 0.717) is 18.0 Å². The van der Waals surface area contributed by atoms with E-state index in [1.54, 1.807) is 12.1 Å². The van der Waals surface area contributed by atoms with Crippen molar-refractivity contribution in [3.63, 3.8) is 0 Å². The van der Waals surface area contributed by atoms with E-state index in [1.165, 1.54) is 4.90 Å². The largest absolute Gasteiger partial charge is 0.492 e. The summed E-state index contributed by atoms with van der Waals surface area (Å²) in [7, 11) is 0. The monoisotopic (exact) mass is 395 g/mol. The fourth-order valence-electron chi connectivity index (χ4n) is 3.33. The van der Waals surface area contributed by atoms with Crippen LogP contribution in [0.25, 0.3) is 0 Å². The molecule has 0 radical (unpaired) electrons. The smallest absolute Gasteiger partial charge is 0.325 e. The number of rotatable bonds is 8. The van der Waals surface area contributed by atoms with Gasteiger partial charge in [-0.05, 0) is 38.0 Å². The summed E-state index contributed by atoms with van der Waals surface area (Å²) >= 11 is 0. The molecule has 29 heavy (non-hydrogen) atoms. The number of imide groups is 1. The van der Waals surface area contributed by atoms with Crippen molar-refractivity contribution in [1.29, 1.82) is 0 Å². The Kier molecular flexibility index (Phi) is 6.49. The van der Waals surface area contributed by atoms with E-state index < -0.39 is 12.1 Å². The number of nitrogens with zero attached hydrogens (tertiary/aromatic N) is 1. The molecule has 7 heteroatoms. The predicted octanol–water partition coefficient (Wildman–Crippen LogP) is 3.49. The minimum atomic E-state index is -0.707. The minimum absolute atomic E-state index is 0.102. The van der Waals surface area contributed by atoms with E-state index in [1.807, 2.05) is 56.3 Å². The van der Waals surface area contributed by atoms with E-state index in [-0.39, 0.29) is 30.7 Å². The van der Waals surface area contributed by atoms with Gasteiger partial charge in [0.05, 0.1) is 18.3 Å². The predicted molar refractivity (Wildman–Crippen MR) is 109 cm³/mol. The van der Waals surface area contributed by atoms with Crippen LogP contribution in [-0.2, 0) is 9.59 Å². The van der Waals surface area contributed by atoms with Crippen molar-refractivity contribution in [2.45, 2.75) is 38.8 Å². The molecule has 1 aliphatic rings. The number of amides is 4. The summed E-state index contributed by atoms with van der Waals surface area (Å²) in [5, 5.41) is 5.49. The Labute approximate surface area is 170 Å². The molecule has 0 aromatic heterocycles. The Morgan fingerprint density at radius 2 is 1.83 bits per heavy atom. The molecule has 1 fully saturated rings. The molecular weight excluding hydrogens is 370 g/mol. The number of carbonyl (C=O) groups excluding carboxylic acids is 3. The molecule has 0 bridgehead atoms. The van der Waals surface area contributed by atoms with Crippen molar-refractivity contribution in [3.05, 3.63) is 60.2 Å². The summed E-state index contributed by atoms with van der Waals surface area (Å²) in [6.45, 7) is 4.17. The van der Waals surface area contributed by atoms with E-state index >= 15 is 0 Å². The number of benzene rings is 2. The zero-order chi connectivity index (χ0) is 20.8. The Hall–Kier alpha value is -3.35. The second-order valence-electron chi connectivity index (χ2n) is 6.81. The molecule has 1 saturated heterocycles. The molecule has 2 aromatic rings. The van der Waals surface area contributed by atoms with Crippen LogP contribution >= 0.6 is 0 Å². The summed E-state index contributed by atoms with van der Waals surface area (Å²) in [4.78, 5) is 38.6. The Morgan fingerprint density at radius 3 is 2.55 bits per heavy atom. The second kappa shape index (κ2) is 9.23. The maximum absolute atomic E-state index is 12.7. The third kappa shape index (κ3) is 4.74. The third-order valence-corrected chi connectivity index (χ3v) is 4.84. The van der Waals surface area contributed by atoms with Gasteiger partial charge in [-0.3, -0.25) is 14.5 Å². The molecule has 2 atom stereocenters. The number of para-hydroxylation sites is 2. The van der Waals surface area contributed by atoms with Gasteiger partial charge in [0.25, 0.3) is 5.91 Å². The number of hydrogen-bond donors (Lipinski definition) is 2. The first-order valence-corrected chi connectivity index (χ1v) is 9.71. The van der Waals surface area contributed by atoms with Gasteiger partial charge in [0.2, 0.25) is 5.91 Å². The van der Waals surface area contributed by atoms with Crippen molar-refractivity contribution in [2.75, 3.05) is 11.9 Å². The number of anilines is 1. The van der Waals surface area contributed by atoms with Gasteiger partial charge in [0, 0.05) is 6.42 Å². The SMILES string of the molecule is CCOc1ccccc1NC(=O)CCC1NC(=O)N(C(C)c2ccccc2)C1=O. The van der Waals surface area contributed by atoms with Crippen LogP contribution in [0.2, 0.25) is 0 Å². The Morgan fingerprint density at radius 1 is 1.14 bits per heavy atom. The number of hydrogen-bond acceptors (Lipinski definition) is 4. The number of urea groups is 1. The first kappa shape index (κ1) is 20.4. The lowest BCUT2D eigenvalue weighted by atomic mass is 10.1. The summed E-state index contributed by atoms with van der Waals surface area (Å²) in [5.41, 5.74) is 1.46. The molecule has 1 aliphatic heterocycles. The fourth-order valence-corrected chi connectivity index (χ4v) is 3.33. The van der Waals surface area contributed by atoms with Crippen molar-refractivity contribution in [3.8, 4) is 5.75 Å². The number of ether oxygens (including phenoxy) is 1. The molecule has 2 unspecified atom stereocenters. The van der Waals surface area contributed by atoms with Gasteiger partial charge in [-0.1, -0.05) is 42.5 Å². The summed E-state index contributed by atoms with van der Waals surface area (Å²) < 4.78 is 5.50. The highest BCUT2D eigenvalue weighted by Gasteiger charge is 2.40. The molecule has 0 spiro atoms. The van der Waals surface area contributed by atoms with Crippen LogP contribution in [0.5, 0.6) is 5.75 Å². The lowest BCUT2D eigenvalue weighted by Crippen LogP contribution is -2.34. The molecule has 3 rings (SSSR count). The minimum Gasteiger partial charge on any atom is -0.492 e. The Balaban J connectivity index is 1.58. The molecule has 0 saturated carbocycles.